The molecule has 0 unspecified atom stereocenters. The van der Waals surface area contributed by atoms with Crippen LogP contribution in [0.25, 0.3) is 23.1 Å². The summed E-state index contributed by atoms with van der Waals surface area (Å²) in [6, 6.07) is 29.9. The van der Waals surface area contributed by atoms with Gasteiger partial charge in [-0.05, 0) is 91.4 Å². The van der Waals surface area contributed by atoms with Crippen LogP contribution in [0.1, 0.15) is 326 Å². The quantitative estimate of drug-likeness (QED) is 0.00907. The Bertz CT molecular complexity index is 3630. The zero-order valence-corrected chi connectivity index (χ0v) is 71.6. The number of aliphatic hydroxyl groups is 2. The predicted molar refractivity (Wildman–Crippen MR) is 455 cm³/mol. The number of alkyl halides is 3. The summed E-state index contributed by atoms with van der Waals surface area (Å²) in [4.78, 5) is 27.0. The molecule has 0 bridgehead atoms. The summed E-state index contributed by atoms with van der Waals surface area (Å²) in [5.74, 6) is -1.54. The van der Waals surface area contributed by atoms with E-state index in [9.17, 15) is 22.8 Å². The molecular weight excluding hydrogens is 1510 g/mol. The summed E-state index contributed by atoms with van der Waals surface area (Å²) < 4.78 is 66.0. The number of hydrogen-bond acceptors (Lipinski definition) is 16. The van der Waals surface area contributed by atoms with Crippen molar-refractivity contribution in [2.24, 2.45) is 0 Å². The Kier molecular flexibility index (Phi) is 57.9. The number of allylic oxidation sites excluding steroid dienone is 1. The molecule has 0 spiro atoms. The Balaban J connectivity index is 0.000000442. The summed E-state index contributed by atoms with van der Waals surface area (Å²) in [6.45, 7) is 12.7. The SMILES string of the molecule is CCCCCCCCCCCCCCCCCCOc1ccc(CCOC(=O)/C(C#N)=C(\O)C(F)(F)F)cc1.CCCCCCCCCCCCCCCCCCOc1ccc(CCOC(=O)/C(C#N)=C\O)cc1.CCCCCCCCN(CCCCCCCC)c1ccc(/C=c2\cnn3c(-c4ccccc4OC)nnc23)s1.[Cu]. The van der Waals surface area contributed by atoms with Crippen LogP contribution in [0.2, 0.25) is 0 Å². The molecular formula is C93H138CuF3N7O9S. The number of rotatable bonds is 62. The second kappa shape index (κ2) is 65.6. The van der Waals surface area contributed by atoms with Crippen molar-refractivity contribution in [2.45, 2.75) is 329 Å². The Labute approximate surface area is 697 Å². The van der Waals surface area contributed by atoms with Gasteiger partial charge >= 0.3 is 18.1 Å². The molecule has 0 saturated heterocycles. The van der Waals surface area contributed by atoms with Crippen LogP contribution >= 0.6 is 11.3 Å². The van der Waals surface area contributed by atoms with Gasteiger partial charge in [-0.1, -0.05) is 321 Å². The van der Waals surface area contributed by atoms with Crippen LogP contribution in [0.3, 0.4) is 0 Å². The molecule has 3 aromatic heterocycles. The number of benzene rings is 3. The Morgan fingerprint density at radius 3 is 1.29 bits per heavy atom. The number of carbonyl (C=O) groups excluding carboxylic acids is 2. The molecule has 0 aliphatic carbocycles. The van der Waals surface area contributed by atoms with Gasteiger partial charge in [-0.2, -0.15) is 33.3 Å². The number of anilines is 1. The topological polar surface area (TPSA) is 215 Å². The van der Waals surface area contributed by atoms with Gasteiger partial charge in [0.25, 0.3) is 0 Å². The van der Waals surface area contributed by atoms with Crippen LogP contribution in [-0.4, -0.2) is 94.8 Å². The number of aromatic nitrogens is 4. The molecule has 0 amide bonds. The number of aliphatic hydroxyl groups excluding tert-OH is 2. The van der Waals surface area contributed by atoms with Crippen LogP contribution in [0.4, 0.5) is 18.2 Å². The fourth-order valence-corrected chi connectivity index (χ4v) is 14.4. The smallest absolute Gasteiger partial charge is 0.450 e. The van der Waals surface area contributed by atoms with Crippen molar-refractivity contribution in [2.75, 3.05) is 51.5 Å². The molecule has 0 saturated carbocycles. The van der Waals surface area contributed by atoms with Gasteiger partial charge < -0.3 is 38.8 Å². The van der Waals surface area contributed by atoms with Crippen molar-refractivity contribution >= 4 is 40.0 Å². The van der Waals surface area contributed by atoms with Crippen molar-refractivity contribution in [3.8, 4) is 40.8 Å². The van der Waals surface area contributed by atoms with E-state index >= 15 is 0 Å². The molecule has 0 atom stereocenters. The van der Waals surface area contributed by atoms with E-state index in [0.717, 1.165) is 89.8 Å². The Hall–Kier alpha value is -7.58. The largest absolute Gasteiger partial charge is 0.514 e. The van der Waals surface area contributed by atoms with Gasteiger partial charge in [-0.25, -0.2) is 9.59 Å². The van der Waals surface area contributed by atoms with E-state index in [0.29, 0.717) is 25.1 Å². The normalized spacial score (nSPS) is 11.7. The van der Waals surface area contributed by atoms with Crippen molar-refractivity contribution in [3.63, 3.8) is 0 Å². The standard InChI is InChI=1S/C32H45N5OS.C31H46F3NO4.C30H47NO4.Cu/c1-4-6-8-10-12-16-22-36(23-17-13-11-9-7-5-2)30-21-20-27(39-30)24-26-25-33-37-31(26)34-35-32(37)28-18-14-15-19-29(28)38-3;1-2-3-4-5-6-7-8-9-10-11-12-13-14-15-16-17-23-38-27-20-18-26(19-21-27)22-24-39-30(37)28(25-35)29(36)31(32,33)34;1-2-3-4-5-6-7-8-9-10-11-12-13-14-15-16-17-23-34-29-20-18-27(19-21-29)22-24-35-30(33)28(25-31)26-32;/h14-15,18-21,24-25H,4-13,16-17,22-23H2,1-3H3;18-21,36H,2-17,22-24H2,1H3;18-21,26,32H,2-17,22-24H2,1H3;/b26-24+;29-28-;28-26-;. The van der Waals surface area contributed by atoms with Crippen molar-refractivity contribution < 1.29 is 73.7 Å². The molecule has 2 N–H and O–H groups in total. The Morgan fingerprint density at radius 2 is 0.904 bits per heavy atom. The first kappa shape index (κ1) is 101. The van der Waals surface area contributed by atoms with E-state index in [-0.39, 0.29) is 36.7 Å². The average Bonchev–Trinajstić information content (AvgIpc) is 1.62. The van der Waals surface area contributed by atoms with Crippen LogP contribution in [-0.2, 0) is 49.0 Å². The number of thiophene rings is 1. The second-order valence-electron chi connectivity index (χ2n) is 29.8. The third-order valence-corrected chi connectivity index (χ3v) is 21.4. The first-order valence-electron chi connectivity index (χ1n) is 43.4. The fraction of sp³-hybridized carbons (Fsp3) is 0.624. The zero-order chi connectivity index (χ0) is 81.5. The number of ether oxygens (including phenoxy) is 5. The average molecular weight is 1650 g/mol. The molecule has 0 fully saturated rings. The molecule has 0 aliphatic heterocycles. The number of nitriles is 2. The maximum atomic E-state index is 12.5. The van der Waals surface area contributed by atoms with Gasteiger partial charge in [0, 0.05) is 53.1 Å². The van der Waals surface area contributed by atoms with E-state index in [1.165, 1.54) is 273 Å². The van der Waals surface area contributed by atoms with Crippen molar-refractivity contribution in [3.05, 3.63) is 136 Å². The van der Waals surface area contributed by atoms with E-state index in [1.54, 1.807) is 37.4 Å². The molecule has 21 heteroatoms. The number of methoxy groups -OCH3 is 1. The Morgan fingerprint density at radius 1 is 0.509 bits per heavy atom. The van der Waals surface area contributed by atoms with E-state index in [2.05, 4.69) is 66.1 Å². The molecule has 6 aromatic rings. The maximum Gasteiger partial charge on any atom is 0.450 e. The number of nitrogens with zero attached hydrogens (tertiary/aromatic N) is 7. The number of esters is 2. The molecule has 0 aliphatic rings. The summed E-state index contributed by atoms with van der Waals surface area (Å²) >= 11 is 1.87. The minimum atomic E-state index is -5.19. The maximum absolute atomic E-state index is 12.5. The van der Waals surface area contributed by atoms with Gasteiger partial charge in [-0.3, -0.25) is 0 Å². The molecule has 114 heavy (non-hydrogen) atoms. The van der Waals surface area contributed by atoms with Crippen molar-refractivity contribution in [1.29, 1.82) is 10.5 Å². The minimum absolute atomic E-state index is 0. The van der Waals surface area contributed by atoms with Gasteiger partial charge in [0.1, 0.15) is 35.6 Å². The summed E-state index contributed by atoms with van der Waals surface area (Å²) in [6.07, 6.45) is 59.1. The van der Waals surface area contributed by atoms with Gasteiger partial charge in [0.15, 0.2) is 22.6 Å². The molecule has 637 valence electrons. The zero-order valence-electron chi connectivity index (χ0n) is 69.8. The molecule has 6 rings (SSSR count). The molecule has 3 heterocycles. The monoisotopic (exact) mass is 1650 g/mol. The first-order valence-corrected chi connectivity index (χ1v) is 44.2. The summed E-state index contributed by atoms with van der Waals surface area (Å²) in [7, 11) is 1.67. The molecule has 1 radical (unpaired) electrons. The number of fused-ring (bicyclic) bond motifs is 1. The minimum Gasteiger partial charge on any atom is -0.514 e. The molecule has 16 nitrogen and oxygen atoms in total. The second-order valence-corrected chi connectivity index (χ2v) is 30.8. The van der Waals surface area contributed by atoms with Crippen LogP contribution in [0.5, 0.6) is 17.2 Å². The van der Waals surface area contributed by atoms with E-state index in [1.807, 2.05) is 70.6 Å². The first-order chi connectivity index (χ1) is 55.2. The summed E-state index contributed by atoms with van der Waals surface area (Å²) in [5.41, 5.74) is 1.60. The number of carbonyl (C=O) groups is 2. The van der Waals surface area contributed by atoms with Crippen molar-refractivity contribution in [1.82, 2.24) is 19.8 Å². The van der Waals surface area contributed by atoms with Crippen LogP contribution in [0.15, 0.2) is 114 Å². The fourth-order valence-electron chi connectivity index (χ4n) is 13.4. The third-order valence-electron chi connectivity index (χ3n) is 20.3. The number of para-hydroxylation sites is 1. The number of hydrogen-bond donors (Lipinski definition) is 2. The molecule has 3 aromatic carbocycles. The summed E-state index contributed by atoms with van der Waals surface area (Å²) in [5, 5.41) is 51.0. The predicted octanol–water partition coefficient (Wildman–Crippen LogP) is 25.6. The third kappa shape index (κ3) is 44.5. The van der Waals surface area contributed by atoms with Gasteiger partial charge in [-0.15, -0.1) is 21.5 Å². The van der Waals surface area contributed by atoms with Crippen LogP contribution in [0, 0.1) is 22.7 Å². The van der Waals surface area contributed by atoms with Gasteiger partial charge in [0.2, 0.25) is 5.76 Å². The number of unbranched alkanes of at least 4 members (excludes halogenated alkanes) is 40. The van der Waals surface area contributed by atoms with E-state index < -0.39 is 35.0 Å². The van der Waals surface area contributed by atoms with E-state index in [4.69, 9.17) is 44.4 Å². The number of halogens is 3. The van der Waals surface area contributed by atoms with Gasteiger partial charge in [0.05, 0.1) is 50.3 Å². The van der Waals surface area contributed by atoms with Crippen LogP contribution < -0.4 is 24.3 Å².